The van der Waals surface area contributed by atoms with E-state index in [1.165, 1.54) is 5.56 Å². The Labute approximate surface area is 140 Å². The van der Waals surface area contributed by atoms with Crippen molar-refractivity contribution in [3.63, 3.8) is 0 Å². The van der Waals surface area contributed by atoms with Gasteiger partial charge in [0.25, 0.3) is 0 Å². The summed E-state index contributed by atoms with van der Waals surface area (Å²) in [5.74, 6) is 2.43. The Balaban J connectivity index is 1.63. The van der Waals surface area contributed by atoms with Crippen LogP contribution in [0.4, 0.5) is 5.82 Å². The lowest BCUT2D eigenvalue weighted by Gasteiger charge is -2.11. The molecule has 3 heterocycles. The van der Waals surface area contributed by atoms with Crippen molar-refractivity contribution >= 4 is 5.82 Å². The smallest absolute Gasteiger partial charge is 0.163 e. The molecule has 0 amide bonds. The van der Waals surface area contributed by atoms with Crippen LogP contribution in [0.2, 0.25) is 0 Å². The molecule has 6 nitrogen and oxygen atoms in total. The Morgan fingerprint density at radius 3 is 3.00 bits per heavy atom. The van der Waals surface area contributed by atoms with Gasteiger partial charge in [0.2, 0.25) is 0 Å². The van der Waals surface area contributed by atoms with Crippen LogP contribution >= 0.6 is 0 Å². The Morgan fingerprint density at radius 2 is 2.21 bits per heavy atom. The van der Waals surface area contributed by atoms with E-state index in [0.717, 1.165) is 60.0 Å². The topological polar surface area (TPSA) is 76.7 Å². The molecule has 24 heavy (non-hydrogen) atoms. The molecule has 0 aromatic carbocycles. The van der Waals surface area contributed by atoms with Crippen molar-refractivity contribution in [1.29, 1.82) is 0 Å². The summed E-state index contributed by atoms with van der Waals surface area (Å²) in [7, 11) is 0. The highest BCUT2D eigenvalue weighted by Gasteiger charge is 2.20. The molecule has 1 N–H and O–H groups in total. The number of fused-ring (bicyclic) bond motifs is 1. The molecule has 1 aliphatic rings. The number of rotatable bonds is 5. The predicted octanol–water partition coefficient (Wildman–Crippen LogP) is 3.19. The largest absolute Gasteiger partial charge is 0.362 e. The minimum Gasteiger partial charge on any atom is -0.362 e. The van der Waals surface area contributed by atoms with Gasteiger partial charge in [0.05, 0.1) is 12.2 Å². The van der Waals surface area contributed by atoms with E-state index in [9.17, 15) is 0 Å². The van der Waals surface area contributed by atoms with Crippen LogP contribution in [0.1, 0.15) is 36.1 Å². The molecule has 0 spiro atoms. The zero-order chi connectivity index (χ0) is 16.4. The number of anilines is 1. The molecule has 0 saturated heterocycles. The number of hydrogen-bond donors (Lipinski definition) is 1. The van der Waals surface area contributed by atoms with E-state index in [0.29, 0.717) is 6.54 Å². The quantitative estimate of drug-likeness (QED) is 0.777. The van der Waals surface area contributed by atoms with E-state index in [1.807, 2.05) is 18.2 Å². The Bertz CT molecular complexity index is 844. The molecular formula is C18H19N5O. The Morgan fingerprint density at radius 1 is 1.25 bits per heavy atom. The third-order valence-corrected chi connectivity index (χ3v) is 4.25. The third-order valence-electron chi connectivity index (χ3n) is 4.25. The van der Waals surface area contributed by atoms with Crippen molar-refractivity contribution in [2.24, 2.45) is 0 Å². The molecule has 0 aliphatic heterocycles. The van der Waals surface area contributed by atoms with Gasteiger partial charge in [-0.25, -0.2) is 9.97 Å². The van der Waals surface area contributed by atoms with E-state index in [2.05, 4.69) is 22.4 Å². The highest BCUT2D eigenvalue weighted by molar-refractivity contribution is 5.59. The van der Waals surface area contributed by atoms with Gasteiger partial charge in [-0.2, -0.15) is 0 Å². The summed E-state index contributed by atoms with van der Waals surface area (Å²) in [6, 6.07) is 5.87. The first-order valence-electron chi connectivity index (χ1n) is 8.32. The van der Waals surface area contributed by atoms with Gasteiger partial charge in [-0.05, 0) is 37.8 Å². The molecule has 0 unspecified atom stereocenters. The molecule has 3 aromatic heterocycles. The fourth-order valence-corrected chi connectivity index (χ4v) is 2.98. The second kappa shape index (κ2) is 6.39. The van der Waals surface area contributed by atoms with Gasteiger partial charge in [0.1, 0.15) is 5.82 Å². The summed E-state index contributed by atoms with van der Waals surface area (Å²) in [6.07, 6.45) is 7.56. The first-order valence-corrected chi connectivity index (χ1v) is 8.32. The van der Waals surface area contributed by atoms with Gasteiger partial charge >= 0.3 is 0 Å². The van der Waals surface area contributed by atoms with Crippen molar-refractivity contribution < 1.29 is 4.52 Å². The zero-order valence-corrected chi connectivity index (χ0v) is 13.6. The van der Waals surface area contributed by atoms with Gasteiger partial charge in [0.15, 0.2) is 11.6 Å². The lowest BCUT2D eigenvalue weighted by Crippen LogP contribution is -2.07. The number of nitrogens with one attached hydrogen (secondary N) is 1. The molecule has 1 aliphatic carbocycles. The van der Waals surface area contributed by atoms with Crippen molar-refractivity contribution in [3.05, 3.63) is 53.3 Å². The summed E-state index contributed by atoms with van der Waals surface area (Å²) < 4.78 is 5.35. The Kier molecular flexibility index (Phi) is 3.94. The highest BCUT2D eigenvalue weighted by Crippen LogP contribution is 2.29. The maximum absolute atomic E-state index is 5.35. The van der Waals surface area contributed by atoms with Crippen LogP contribution in [0, 0.1) is 0 Å². The molecule has 4 rings (SSSR count). The molecule has 6 heteroatoms. The molecule has 122 valence electrons. The molecule has 3 aromatic rings. The third kappa shape index (κ3) is 2.87. The molecule has 0 saturated carbocycles. The number of hydrogen-bond acceptors (Lipinski definition) is 6. The van der Waals surface area contributed by atoms with Crippen LogP contribution in [0.25, 0.3) is 11.4 Å². The monoisotopic (exact) mass is 321 g/mol. The lowest BCUT2D eigenvalue weighted by molar-refractivity contribution is 0.382. The van der Waals surface area contributed by atoms with Crippen LogP contribution in [-0.4, -0.2) is 20.1 Å². The lowest BCUT2D eigenvalue weighted by atomic mass is 10.2. The van der Waals surface area contributed by atoms with Crippen LogP contribution in [-0.2, 0) is 25.8 Å². The fraction of sp³-hybridized carbons (Fsp3) is 0.333. The summed E-state index contributed by atoms with van der Waals surface area (Å²) in [6.45, 7) is 2.63. The van der Waals surface area contributed by atoms with E-state index in [-0.39, 0.29) is 0 Å². The number of aromatic nitrogens is 4. The summed E-state index contributed by atoms with van der Waals surface area (Å²) in [4.78, 5) is 13.6. The van der Waals surface area contributed by atoms with Crippen LogP contribution in [0.5, 0.6) is 0 Å². The average molecular weight is 321 g/mol. The molecule has 0 fully saturated rings. The van der Waals surface area contributed by atoms with Gasteiger partial charge in [-0.1, -0.05) is 12.1 Å². The minimum atomic E-state index is 0.572. The van der Waals surface area contributed by atoms with E-state index in [1.54, 1.807) is 12.4 Å². The predicted molar refractivity (Wildman–Crippen MR) is 90.5 cm³/mol. The summed E-state index contributed by atoms with van der Waals surface area (Å²) in [5.41, 5.74) is 4.26. The van der Waals surface area contributed by atoms with Gasteiger partial charge in [-0.3, -0.25) is 4.98 Å². The van der Waals surface area contributed by atoms with Crippen molar-refractivity contribution in [3.8, 4) is 11.4 Å². The summed E-state index contributed by atoms with van der Waals surface area (Å²) >= 11 is 0. The van der Waals surface area contributed by atoms with Crippen LogP contribution in [0.15, 0.2) is 35.1 Å². The average Bonchev–Trinajstić information content (AvgIpc) is 3.29. The maximum atomic E-state index is 5.35. The van der Waals surface area contributed by atoms with Gasteiger partial charge in [0, 0.05) is 35.3 Å². The second-order valence-corrected chi connectivity index (χ2v) is 5.91. The van der Waals surface area contributed by atoms with Crippen molar-refractivity contribution in [2.75, 3.05) is 5.32 Å². The van der Waals surface area contributed by atoms with Crippen molar-refractivity contribution in [1.82, 2.24) is 20.1 Å². The fourth-order valence-electron chi connectivity index (χ4n) is 2.98. The SMILES string of the molecule is CCc1cc(CNc2nc(-c3cccnc3)nc3c2CCC3)on1. The molecule has 0 atom stereocenters. The normalized spacial score (nSPS) is 13.0. The molecule has 0 radical (unpaired) electrons. The first-order chi connectivity index (χ1) is 11.8. The number of pyridine rings is 1. The first kappa shape index (κ1) is 14.8. The van der Waals surface area contributed by atoms with Crippen LogP contribution in [0.3, 0.4) is 0 Å². The minimum absolute atomic E-state index is 0.572. The van der Waals surface area contributed by atoms with E-state index < -0.39 is 0 Å². The van der Waals surface area contributed by atoms with Gasteiger partial charge < -0.3 is 9.84 Å². The highest BCUT2D eigenvalue weighted by atomic mass is 16.5. The number of nitrogens with zero attached hydrogens (tertiary/aromatic N) is 4. The van der Waals surface area contributed by atoms with Gasteiger partial charge in [-0.15, -0.1) is 0 Å². The van der Waals surface area contributed by atoms with Crippen LogP contribution < -0.4 is 5.32 Å². The van der Waals surface area contributed by atoms with Crippen molar-refractivity contribution in [2.45, 2.75) is 39.2 Å². The molecule has 0 bridgehead atoms. The zero-order valence-electron chi connectivity index (χ0n) is 13.6. The number of aryl methyl sites for hydroxylation is 2. The molecular weight excluding hydrogens is 302 g/mol. The second-order valence-electron chi connectivity index (χ2n) is 5.91. The maximum Gasteiger partial charge on any atom is 0.163 e. The van der Waals surface area contributed by atoms with E-state index in [4.69, 9.17) is 14.5 Å². The standard InChI is InChI=1S/C18H19N5O/c1-2-13-9-14(24-23-13)11-20-18-15-6-3-7-16(15)21-17(22-18)12-5-4-8-19-10-12/h4-5,8-10H,2-3,6-7,11H2,1H3,(H,20,21,22). The summed E-state index contributed by atoms with van der Waals surface area (Å²) in [5, 5.41) is 7.43. The Hall–Kier alpha value is -2.76. The van der Waals surface area contributed by atoms with E-state index >= 15 is 0 Å².